The molecule has 0 unspecified atom stereocenters. The molecule has 20 heavy (non-hydrogen) atoms. The molecule has 1 nitrogen and oxygen atoms in total. The number of thiophene rings is 1. The molecule has 0 aliphatic rings. The van der Waals surface area contributed by atoms with Crippen molar-refractivity contribution >= 4 is 40.1 Å². The molecule has 1 aromatic carbocycles. The van der Waals surface area contributed by atoms with Crippen molar-refractivity contribution in [3.8, 4) is 0 Å². The van der Waals surface area contributed by atoms with Crippen molar-refractivity contribution in [2.45, 2.75) is 50.5 Å². The number of rotatable bonds is 7. The van der Waals surface area contributed by atoms with Crippen LogP contribution < -0.4 is 0 Å². The van der Waals surface area contributed by atoms with Crippen LogP contribution in [0.1, 0.15) is 49.3 Å². The molecule has 0 amide bonds. The van der Waals surface area contributed by atoms with Crippen LogP contribution in [0.4, 0.5) is 0 Å². The van der Waals surface area contributed by atoms with Gasteiger partial charge in [0.25, 0.3) is 0 Å². The van der Waals surface area contributed by atoms with Crippen LogP contribution in [0.3, 0.4) is 0 Å². The summed E-state index contributed by atoms with van der Waals surface area (Å²) in [5.41, 5.74) is 3.29. The minimum Gasteiger partial charge on any atom is -0.392 e. The molecule has 1 aromatic heterocycles. The third kappa shape index (κ3) is 2.95. The van der Waals surface area contributed by atoms with Crippen molar-refractivity contribution in [3.63, 3.8) is 0 Å². The van der Waals surface area contributed by atoms with Crippen LogP contribution in [-0.2, 0) is 13.0 Å². The van der Waals surface area contributed by atoms with Gasteiger partial charge >= 0.3 is 0 Å². The molecular weight excluding hydrogens is 284 g/mol. The number of aryl methyl sites for hydroxylation is 1. The van der Waals surface area contributed by atoms with Crippen molar-refractivity contribution in [1.82, 2.24) is 0 Å². The lowest BCUT2D eigenvalue weighted by molar-refractivity contribution is 0.280. The van der Waals surface area contributed by atoms with Gasteiger partial charge in [0.2, 0.25) is 0 Å². The van der Waals surface area contributed by atoms with Crippen molar-refractivity contribution < 1.29 is 5.11 Å². The Hall–Kier alpha value is -0.770. The maximum atomic E-state index is 9.78. The van der Waals surface area contributed by atoms with E-state index in [9.17, 15) is 5.11 Å². The molecule has 0 spiro atoms. The molecule has 0 fully saturated rings. The SMILES string of the molecule is C=Cc1c(CO)c(CCCCCC)c2ccsc2c1S. The fraction of sp³-hybridized carbons (Fsp3) is 0.412. The Balaban J connectivity index is 2.46. The summed E-state index contributed by atoms with van der Waals surface area (Å²) >= 11 is 6.35. The maximum absolute atomic E-state index is 9.78. The zero-order chi connectivity index (χ0) is 14.5. The van der Waals surface area contributed by atoms with Gasteiger partial charge in [-0.2, -0.15) is 0 Å². The number of hydrogen-bond acceptors (Lipinski definition) is 3. The molecular formula is C17H22OS2. The highest BCUT2D eigenvalue weighted by Crippen LogP contribution is 2.37. The van der Waals surface area contributed by atoms with Gasteiger partial charge in [-0.3, -0.25) is 0 Å². The highest BCUT2D eigenvalue weighted by atomic mass is 32.1. The average molecular weight is 306 g/mol. The number of thiol groups is 1. The van der Waals surface area contributed by atoms with E-state index in [-0.39, 0.29) is 6.61 Å². The second-order valence-corrected chi connectivity index (χ2v) is 6.42. The average Bonchev–Trinajstić information content (AvgIpc) is 2.94. The summed E-state index contributed by atoms with van der Waals surface area (Å²) in [7, 11) is 0. The van der Waals surface area contributed by atoms with Gasteiger partial charge in [-0.05, 0) is 46.4 Å². The van der Waals surface area contributed by atoms with Gasteiger partial charge in [0.05, 0.1) is 6.61 Å². The molecule has 0 radical (unpaired) electrons. The Morgan fingerprint density at radius 2 is 2.10 bits per heavy atom. The van der Waals surface area contributed by atoms with Crippen LogP contribution in [0, 0.1) is 0 Å². The van der Waals surface area contributed by atoms with Crippen molar-refractivity contribution in [2.24, 2.45) is 0 Å². The van der Waals surface area contributed by atoms with E-state index in [1.807, 2.05) is 6.08 Å². The van der Waals surface area contributed by atoms with Gasteiger partial charge in [-0.25, -0.2) is 0 Å². The highest BCUT2D eigenvalue weighted by molar-refractivity contribution is 7.80. The summed E-state index contributed by atoms with van der Waals surface area (Å²) < 4.78 is 1.21. The van der Waals surface area contributed by atoms with E-state index >= 15 is 0 Å². The summed E-state index contributed by atoms with van der Waals surface area (Å²) in [4.78, 5) is 0.950. The number of hydrogen-bond donors (Lipinski definition) is 2. The summed E-state index contributed by atoms with van der Waals surface area (Å²) in [5, 5.41) is 13.1. The van der Waals surface area contributed by atoms with E-state index in [2.05, 4.69) is 37.6 Å². The second-order valence-electron chi connectivity index (χ2n) is 5.06. The van der Waals surface area contributed by atoms with Gasteiger partial charge in [0.1, 0.15) is 0 Å². The fourth-order valence-corrected chi connectivity index (χ4v) is 4.12. The highest BCUT2D eigenvalue weighted by Gasteiger charge is 2.16. The standard InChI is InChI=1S/C17H22OS2/c1-3-5-6-7-8-13-14-9-10-20-17(14)16(19)12(4-2)15(13)11-18/h4,9-10,18-19H,2-3,5-8,11H2,1H3. The predicted octanol–water partition coefficient (Wildman–Crippen LogP) is 5.45. The van der Waals surface area contributed by atoms with Crippen LogP contribution in [0.25, 0.3) is 16.2 Å². The van der Waals surface area contributed by atoms with E-state index in [0.29, 0.717) is 0 Å². The van der Waals surface area contributed by atoms with E-state index in [1.54, 1.807) is 11.3 Å². The molecule has 0 saturated heterocycles. The number of fused-ring (bicyclic) bond motifs is 1. The number of benzene rings is 1. The second kappa shape index (κ2) is 7.30. The Labute approximate surface area is 130 Å². The van der Waals surface area contributed by atoms with Crippen LogP contribution in [-0.4, -0.2) is 5.11 Å². The normalized spacial score (nSPS) is 11.2. The lowest BCUT2D eigenvalue weighted by Gasteiger charge is -2.15. The van der Waals surface area contributed by atoms with E-state index in [0.717, 1.165) is 22.4 Å². The summed E-state index contributed by atoms with van der Waals surface area (Å²) in [5.74, 6) is 0. The van der Waals surface area contributed by atoms with E-state index in [1.165, 1.54) is 41.3 Å². The van der Waals surface area contributed by atoms with E-state index < -0.39 is 0 Å². The lowest BCUT2D eigenvalue weighted by Crippen LogP contribution is -2.00. The molecule has 0 saturated carbocycles. The largest absolute Gasteiger partial charge is 0.392 e. The maximum Gasteiger partial charge on any atom is 0.0690 e. The Kier molecular flexibility index (Phi) is 5.70. The number of aliphatic hydroxyl groups excluding tert-OH is 1. The van der Waals surface area contributed by atoms with Crippen LogP contribution in [0.2, 0.25) is 0 Å². The quantitative estimate of drug-likeness (QED) is 0.515. The Morgan fingerprint density at radius 3 is 2.75 bits per heavy atom. The summed E-state index contributed by atoms with van der Waals surface area (Å²) in [6.45, 7) is 6.17. The third-order valence-electron chi connectivity index (χ3n) is 3.79. The molecule has 3 heteroatoms. The minimum atomic E-state index is 0.0593. The van der Waals surface area contributed by atoms with Crippen LogP contribution in [0.15, 0.2) is 22.9 Å². The monoisotopic (exact) mass is 306 g/mol. The first kappa shape index (κ1) is 15.6. The van der Waals surface area contributed by atoms with Gasteiger partial charge in [-0.15, -0.1) is 24.0 Å². The first-order valence-corrected chi connectivity index (χ1v) is 8.54. The van der Waals surface area contributed by atoms with Gasteiger partial charge in [0, 0.05) is 9.60 Å². The summed E-state index contributed by atoms with van der Waals surface area (Å²) in [6.07, 6.45) is 7.79. The zero-order valence-electron chi connectivity index (χ0n) is 12.0. The number of aliphatic hydroxyl groups is 1. The zero-order valence-corrected chi connectivity index (χ0v) is 13.7. The molecule has 0 bridgehead atoms. The summed E-state index contributed by atoms with van der Waals surface area (Å²) in [6, 6.07) is 2.15. The van der Waals surface area contributed by atoms with Crippen molar-refractivity contribution in [2.75, 3.05) is 0 Å². The lowest BCUT2D eigenvalue weighted by atomic mass is 9.93. The molecule has 0 aliphatic carbocycles. The third-order valence-corrected chi connectivity index (χ3v) is 5.34. The molecule has 2 rings (SSSR count). The van der Waals surface area contributed by atoms with Gasteiger partial charge < -0.3 is 5.11 Å². The van der Waals surface area contributed by atoms with Crippen molar-refractivity contribution in [1.29, 1.82) is 0 Å². The Morgan fingerprint density at radius 1 is 1.30 bits per heavy atom. The molecule has 1 N–H and O–H groups in total. The minimum absolute atomic E-state index is 0.0593. The molecule has 108 valence electrons. The van der Waals surface area contributed by atoms with Crippen LogP contribution >= 0.6 is 24.0 Å². The first-order valence-electron chi connectivity index (χ1n) is 7.21. The molecule has 0 aliphatic heterocycles. The van der Waals surface area contributed by atoms with Gasteiger partial charge in [-0.1, -0.05) is 38.8 Å². The van der Waals surface area contributed by atoms with Gasteiger partial charge in [0.15, 0.2) is 0 Å². The topological polar surface area (TPSA) is 20.2 Å². The Bertz CT molecular complexity index is 599. The molecule has 0 atom stereocenters. The van der Waals surface area contributed by atoms with Crippen molar-refractivity contribution in [3.05, 3.63) is 34.7 Å². The fourth-order valence-electron chi connectivity index (χ4n) is 2.74. The predicted molar refractivity (Wildman–Crippen MR) is 92.9 cm³/mol. The smallest absolute Gasteiger partial charge is 0.0690 e. The molecule has 1 heterocycles. The molecule has 2 aromatic rings. The van der Waals surface area contributed by atoms with E-state index in [4.69, 9.17) is 0 Å². The van der Waals surface area contributed by atoms with Crippen LogP contribution in [0.5, 0.6) is 0 Å². The number of unbranched alkanes of at least 4 members (excludes halogenated alkanes) is 3. The first-order chi connectivity index (χ1) is 9.74.